The topological polar surface area (TPSA) is 37.3 Å². The molecule has 1 N–H and O–H groups in total. The lowest BCUT2D eigenvalue weighted by molar-refractivity contribution is 0.162. The van der Waals surface area contributed by atoms with E-state index >= 15 is 0 Å². The van der Waals surface area contributed by atoms with Crippen LogP contribution in [-0.4, -0.2) is 22.0 Å². The van der Waals surface area contributed by atoms with Crippen LogP contribution in [-0.2, 0) is 6.54 Å². The number of carbonyl (C=O) groups excluding carboxylic acids is 1. The maximum absolute atomic E-state index is 13.7. The van der Waals surface area contributed by atoms with Crippen LogP contribution in [0.4, 0.5) is 14.9 Å². The van der Waals surface area contributed by atoms with E-state index in [-0.39, 0.29) is 17.9 Å². The summed E-state index contributed by atoms with van der Waals surface area (Å²) in [4.78, 5) is 14.6. The number of benzene rings is 1. The molecule has 0 radical (unpaired) electrons. The van der Waals surface area contributed by atoms with E-state index in [0.29, 0.717) is 17.8 Å². The molecule has 0 spiro atoms. The number of aromatic nitrogens is 1. The summed E-state index contributed by atoms with van der Waals surface area (Å²) >= 11 is 0. The Morgan fingerprint density at radius 1 is 1.25 bits per heavy atom. The Hall–Kier alpha value is -2.30. The van der Waals surface area contributed by atoms with E-state index in [1.54, 1.807) is 19.1 Å². The molecule has 128 valence electrons. The maximum Gasteiger partial charge on any atom is 0.322 e. The molecule has 0 bridgehead atoms. The lowest BCUT2D eigenvalue weighted by Gasteiger charge is -2.37. The van der Waals surface area contributed by atoms with Crippen LogP contribution in [0, 0.1) is 19.7 Å². The van der Waals surface area contributed by atoms with Crippen molar-refractivity contribution >= 4 is 11.7 Å². The standard InChI is InChI=1S/C19H24FN3O/c1-4-5-17-18-9-7-14(3)22(18)10-11-23(17)19(24)21-15-8-6-13(2)16(20)12-15/h6-9,12,17H,4-5,10-11H2,1-3H3,(H,21,24). The second kappa shape index (κ2) is 6.67. The van der Waals surface area contributed by atoms with Gasteiger partial charge in [-0.2, -0.15) is 0 Å². The van der Waals surface area contributed by atoms with Crippen molar-refractivity contribution in [3.8, 4) is 0 Å². The number of carbonyl (C=O) groups is 1. The van der Waals surface area contributed by atoms with Crippen LogP contribution < -0.4 is 5.32 Å². The zero-order valence-corrected chi connectivity index (χ0v) is 14.5. The number of amides is 2. The largest absolute Gasteiger partial charge is 0.345 e. The molecule has 1 aliphatic rings. The summed E-state index contributed by atoms with van der Waals surface area (Å²) in [6, 6.07) is 8.91. The fourth-order valence-corrected chi connectivity index (χ4v) is 3.40. The number of nitrogens with zero attached hydrogens (tertiary/aromatic N) is 2. The summed E-state index contributed by atoms with van der Waals surface area (Å²) in [7, 11) is 0. The van der Waals surface area contributed by atoms with E-state index in [0.717, 1.165) is 19.4 Å². The van der Waals surface area contributed by atoms with Crippen LogP contribution in [0.25, 0.3) is 0 Å². The van der Waals surface area contributed by atoms with Crippen molar-refractivity contribution in [3.63, 3.8) is 0 Å². The number of hydrogen-bond acceptors (Lipinski definition) is 1. The minimum atomic E-state index is -0.305. The minimum Gasteiger partial charge on any atom is -0.345 e. The van der Waals surface area contributed by atoms with Crippen LogP contribution in [0.3, 0.4) is 0 Å². The predicted octanol–water partition coefficient (Wildman–Crippen LogP) is 4.63. The molecule has 1 atom stereocenters. The number of urea groups is 1. The number of halogens is 1. The number of hydrogen-bond donors (Lipinski definition) is 1. The van der Waals surface area contributed by atoms with Crippen molar-refractivity contribution in [2.75, 3.05) is 11.9 Å². The third-order valence-corrected chi connectivity index (χ3v) is 4.76. The molecule has 0 fully saturated rings. The van der Waals surface area contributed by atoms with Gasteiger partial charge in [0.15, 0.2) is 0 Å². The monoisotopic (exact) mass is 329 g/mol. The molecule has 1 aromatic carbocycles. The van der Waals surface area contributed by atoms with Gasteiger partial charge < -0.3 is 14.8 Å². The summed E-state index contributed by atoms with van der Waals surface area (Å²) in [6.07, 6.45) is 1.91. The van der Waals surface area contributed by atoms with Gasteiger partial charge in [-0.15, -0.1) is 0 Å². The summed E-state index contributed by atoms with van der Waals surface area (Å²) < 4.78 is 16.0. The second-order valence-electron chi connectivity index (χ2n) is 6.44. The summed E-state index contributed by atoms with van der Waals surface area (Å²) in [5, 5.41) is 2.84. The highest BCUT2D eigenvalue weighted by Crippen LogP contribution is 2.31. The first-order chi connectivity index (χ1) is 11.5. The van der Waals surface area contributed by atoms with Gasteiger partial charge in [-0.25, -0.2) is 9.18 Å². The summed E-state index contributed by atoms with van der Waals surface area (Å²) in [5.41, 5.74) is 3.48. The average Bonchev–Trinajstić information content (AvgIpc) is 2.93. The highest BCUT2D eigenvalue weighted by Gasteiger charge is 2.31. The van der Waals surface area contributed by atoms with E-state index in [9.17, 15) is 9.18 Å². The highest BCUT2D eigenvalue weighted by atomic mass is 19.1. The van der Waals surface area contributed by atoms with E-state index < -0.39 is 0 Å². The Bertz CT molecular complexity index is 753. The number of nitrogens with one attached hydrogen (secondary N) is 1. The molecule has 24 heavy (non-hydrogen) atoms. The predicted molar refractivity (Wildman–Crippen MR) is 93.7 cm³/mol. The quantitative estimate of drug-likeness (QED) is 0.875. The highest BCUT2D eigenvalue weighted by molar-refractivity contribution is 5.89. The Morgan fingerprint density at radius 2 is 2.04 bits per heavy atom. The maximum atomic E-state index is 13.7. The van der Waals surface area contributed by atoms with Crippen LogP contribution in [0.15, 0.2) is 30.3 Å². The van der Waals surface area contributed by atoms with Gasteiger partial charge in [-0.1, -0.05) is 19.4 Å². The lowest BCUT2D eigenvalue weighted by atomic mass is 10.0. The molecule has 2 heterocycles. The molecule has 2 amide bonds. The normalized spacial score (nSPS) is 16.8. The minimum absolute atomic E-state index is 0.0627. The van der Waals surface area contributed by atoms with Gasteiger partial charge in [0.2, 0.25) is 0 Å². The Kier molecular flexibility index (Phi) is 4.60. The van der Waals surface area contributed by atoms with Crippen LogP contribution in [0.2, 0.25) is 0 Å². The molecule has 0 aliphatic carbocycles. The number of fused-ring (bicyclic) bond motifs is 1. The van der Waals surface area contributed by atoms with Crippen molar-refractivity contribution in [2.24, 2.45) is 0 Å². The molecule has 1 unspecified atom stereocenters. The molecule has 0 saturated heterocycles. The SMILES string of the molecule is CCCC1c2ccc(C)n2CCN1C(=O)Nc1ccc(C)c(F)c1. The molecule has 0 saturated carbocycles. The van der Waals surface area contributed by atoms with E-state index in [2.05, 4.69) is 35.9 Å². The van der Waals surface area contributed by atoms with Crippen LogP contribution >= 0.6 is 0 Å². The molecule has 4 nitrogen and oxygen atoms in total. The Labute approximate surface area is 142 Å². The van der Waals surface area contributed by atoms with Gasteiger partial charge in [0, 0.05) is 30.2 Å². The van der Waals surface area contributed by atoms with Crippen molar-refractivity contribution in [3.05, 3.63) is 53.1 Å². The Balaban J connectivity index is 1.81. The first-order valence-electron chi connectivity index (χ1n) is 8.51. The van der Waals surface area contributed by atoms with Crippen molar-refractivity contribution < 1.29 is 9.18 Å². The molecule has 1 aliphatic heterocycles. The molecule has 2 aromatic rings. The third kappa shape index (κ3) is 3.03. The first-order valence-corrected chi connectivity index (χ1v) is 8.51. The number of anilines is 1. The molecule has 1 aromatic heterocycles. The average molecular weight is 329 g/mol. The van der Waals surface area contributed by atoms with Crippen molar-refractivity contribution in [1.82, 2.24) is 9.47 Å². The molecular weight excluding hydrogens is 305 g/mol. The summed E-state index contributed by atoms with van der Waals surface area (Å²) in [5.74, 6) is -0.305. The second-order valence-corrected chi connectivity index (χ2v) is 6.44. The van der Waals surface area contributed by atoms with Gasteiger partial charge in [0.05, 0.1) is 6.04 Å². The van der Waals surface area contributed by atoms with Gasteiger partial charge in [0.25, 0.3) is 0 Å². The van der Waals surface area contributed by atoms with E-state index in [1.165, 1.54) is 17.5 Å². The van der Waals surface area contributed by atoms with Crippen LogP contribution in [0.1, 0.15) is 42.8 Å². The first kappa shape index (κ1) is 16.6. The van der Waals surface area contributed by atoms with Gasteiger partial charge in [-0.05, 0) is 50.1 Å². The number of aryl methyl sites for hydroxylation is 2. The lowest BCUT2D eigenvalue weighted by Crippen LogP contribution is -2.44. The summed E-state index contributed by atoms with van der Waals surface area (Å²) in [6.45, 7) is 7.38. The fourth-order valence-electron chi connectivity index (χ4n) is 3.40. The van der Waals surface area contributed by atoms with Gasteiger partial charge in [-0.3, -0.25) is 0 Å². The van der Waals surface area contributed by atoms with E-state index in [1.807, 2.05) is 4.90 Å². The molecule has 5 heteroatoms. The van der Waals surface area contributed by atoms with Crippen LogP contribution in [0.5, 0.6) is 0 Å². The molecular formula is C19H24FN3O. The van der Waals surface area contributed by atoms with Crippen molar-refractivity contribution in [1.29, 1.82) is 0 Å². The molecule has 3 rings (SSSR count). The zero-order chi connectivity index (χ0) is 17.3. The van der Waals surface area contributed by atoms with Gasteiger partial charge >= 0.3 is 6.03 Å². The van der Waals surface area contributed by atoms with Crippen molar-refractivity contribution in [2.45, 2.75) is 46.2 Å². The third-order valence-electron chi connectivity index (χ3n) is 4.76. The fraction of sp³-hybridized carbons (Fsp3) is 0.421. The smallest absolute Gasteiger partial charge is 0.322 e. The van der Waals surface area contributed by atoms with Gasteiger partial charge in [0.1, 0.15) is 5.82 Å². The van der Waals surface area contributed by atoms with E-state index in [4.69, 9.17) is 0 Å². The Morgan fingerprint density at radius 3 is 2.75 bits per heavy atom. The zero-order valence-electron chi connectivity index (χ0n) is 14.5. The number of rotatable bonds is 3.